The Labute approximate surface area is 143 Å². The quantitative estimate of drug-likeness (QED) is 0.753. The van der Waals surface area contributed by atoms with E-state index in [0.29, 0.717) is 23.8 Å². The largest absolute Gasteiger partial charge is 0.497 e. The normalized spacial score (nSPS) is 11.9. The molecule has 0 aliphatic heterocycles. The molecule has 2 rings (SSSR count). The average Bonchev–Trinajstić information content (AvgIpc) is 2.59. The van der Waals surface area contributed by atoms with Gasteiger partial charge in [0.2, 0.25) is 0 Å². The summed E-state index contributed by atoms with van der Waals surface area (Å²) in [6.07, 6.45) is 0.405. The van der Waals surface area contributed by atoms with Crippen LogP contribution in [0.2, 0.25) is 0 Å². The maximum absolute atomic E-state index is 13.6. The van der Waals surface area contributed by atoms with Gasteiger partial charge in [0.05, 0.1) is 7.11 Å². The van der Waals surface area contributed by atoms with Gasteiger partial charge in [0, 0.05) is 24.2 Å². The summed E-state index contributed by atoms with van der Waals surface area (Å²) in [5, 5.41) is 2.70. The Morgan fingerprint density at radius 2 is 1.76 bits per heavy atom. The highest BCUT2D eigenvalue weighted by atomic mass is 19.2. The fourth-order valence-corrected chi connectivity index (χ4v) is 2.32. The van der Waals surface area contributed by atoms with E-state index in [-0.39, 0.29) is 24.4 Å². The number of carbonyl (C=O) groups is 1. The SMILES string of the molecule is COc1ccc(C(=O)NCC[C@H](N)Cc2cc(F)c(F)cc2F)cc1. The summed E-state index contributed by atoms with van der Waals surface area (Å²) in [5.74, 6) is -2.81. The molecule has 0 spiro atoms. The molecule has 0 saturated heterocycles. The van der Waals surface area contributed by atoms with Gasteiger partial charge in [-0.1, -0.05) is 0 Å². The molecule has 7 heteroatoms. The number of carbonyl (C=O) groups excluding carboxylic acids is 1. The molecule has 4 nitrogen and oxygen atoms in total. The van der Waals surface area contributed by atoms with Crippen molar-refractivity contribution in [2.45, 2.75) is 18.9 Å². The molecule has 0 radical (unpaired) electrons. The molecule has 1 atom stereocenters. The highest BCUT2D eigenvalue weighted by Crippen LogP contribution is 2.16. The molecule has 134 valence electrons. The minimum absolute atomic E-state index is 0.00730. The number of ether oxygens (including phenoxy) is 1. The highest BCUT2D eigenvalue weighted by Gasteiger charge is 2.13. The second-order valence-corrected chi connectivity index (χ2v) is 5.60. The molecule has 2 aromatic carbocycles. The van der Waals surface area contributed by atoms with Crippen LogP contribution in [0.5, 0.6) is 5.75 Å². The molecular formula is C18H19F3N2O2. The summed E-state index contributed by atoms with van der Waals surface area (Å²) in [7, 11) is 1.53. The molecule has 0 unspecified atom stereocenters. The molecule has 25 heavy (non-hydrogen) atoms. The van der Waals surface area contributed by atoms with Gasteiger partial charge in [0.1, 0.15) is 11.6 Å². The Hall–Kier alpha value is -2.54. The molecule has 0 aliphatic carbocycles. The van der Waals surface area contributed by atoms with Gasteiger partial charge >= 0.3 is 0 Å². The van der Waals surface area contributed by atoms with Crippen molar-refractivity contribution in [1.29, 1.82) is 0 Å². The maximum atomic E-state index is 13.6. The predicted octanol–water partition coefficient (Wildman–Crippen LogP) is 2.80. The van der Waals surface area contributed by atoms with Gasteiger partial charge in [-0.05, 0) is 48.7 Å². The lowest BCUT2D eigenvalue weighted by atomic mass is 10.0. The van der Waals surface area contributed by atoms with E-state index < -0.39 is 23.5 Å². The zero-order valence-corrected chi connectivity index (χ0v) is 13.7. The smallest absolute Gasteiger partial charge is 0.251 e. The number of hydrogen-bond acceptors (Lipinski definition) is 3. The van der Waals surface area contributed by atoms with Gasteiger partial charge in [0.25, 0.3) is 5.91 Å². The Kier molecular flexibility index (Phi) is 6.41. The van der Waals surface area contributed by atoms with Gasteiger partial charge in [-0.2, -0.15) is 0 Å². The number of halogens is 3. The highest BCUT2D eigenvalue weighted by molar-refractivity contribution is 5.94. The van der Waals surface area contributed by atoms with E-state index in [9.17, 15) is 18.0 Å². The maximum Gasteiger partial charge on any atom is 0.251 e. The third kappa shape index (κ3) is 5.22. The van der Waals surface area contributed by atoms with Crippen molar-refractivity contribution in [3.05, 3.63) is 65.0 Å². The number of amides is 1. The molecule has 1 amide bonds. The van der Waals surface area contributed by atoms with Crippen LogP contribution in [0.15, 0.2) is 36.4 Å². The molecule has 0 heterocycles. The van der Waals surface area contributed by atoms with E-state index in [1.54, 1.807) is 24.3 Å². The Morgan fingerprint density at radius 3 is 2.40 bits per heavy atom. The second-order valence-electron chi connectivity index (χ2n) is 5.60. The Balaban J connectivity index is 1.82. The average molecular weight is 352 g/mol. The molecule has 3 N–H and O–H groups in total. The summed E-state index contributed by atoms with van der Waals surface area (Å²) in [6.45, 7) is 0.275. The molecule has 0 aromatic heterocycles. The fourth-order valence-electron chi connectivity index (χ4n) is 2.32. The van der Waals surface area contributed by atoms with Crippen LogP contribution in [0.1, 0.15) is 22.3 Å². The number of rotatable bonds is 7. The zero-order valence-electron chi connectivity index (χ0n) is 13.7. The van der Waals surface area contributed by atoms with Crippen molar-refractivity contribution in [1.82, 2.24) is 5.32 Å². The summed E-state index contributed by atoms with van der Waals surface area (Å²) in [5.41, 5.74) is 6.36. The third-order valence-electron chi connectivity index (χ3n) is 3.72. The summed E-state index contributed by atoms with van der Waals surface area (Å²) < 4.78 is 44.7. The van der Waals surface area contributed by atoms with Crippen molar-refractivity contribution in [3.8, 4) is 5.75 Å². The first-order chi connectivity index (χ1) is 11.9. The minimum Gasteiger partial charge on any atom is -0.497 e. The van der Waals surface area contributed by atoms with Crippen LogP contribution in [-0.2, 0) is 6.42 Å². The number of nitrogens with one attached hydrogen (secondary N) is 1. The summed E-state index contributed by atoms with van der Waals surface area (Å²) in [4.78, 5) is 12.0. The van der Waals surface area contributed by atoms with E-state index in [0.717, 1.165) is 6.07 Å². The van der Waals surface area contributed by atoms with Crippen molar-refractivity contribution in [2.24, 2.45) is 5.73 Å². The van der Waals surface area contributed by atoms with Crippen LogP contribution in [0.4, 0.5) is 13.2 Å². The standard InChI is InChI=1S/C18H19F3N2O2/c1-25-14-4-2-11(3-5-14)18(24)23-7-6-13(22)8-12-9-16(20)17(21)10-15(12)19/h2-5,9-10,13H,6-8,22H2,1H3,(H,23,24)/t13-/m0/s1. The van der Waals surface area contributed by atoms with E-state index in [1.165, 1.54) is 7.11 Å². The minimum atomic E-state index is -1.23. The topological polar surface area (TPSA) is 64.3 Å². The van der Waals surface area contributed by atoms with Gasteiger partial charge < -0.3 is 15.8 Å². The third-order valence-corrected chi connectivity index (χ3v) is 3.72. The van der Waals surface area contributed by atoms with Gasteiger partial charge in [-0.3, -0.25) is 4.79 Å². The monoisotopic (exact) mass is 352 g/mol. The van der Waals surface area contributed by atoms with Crippen LogP contribution in [-0.4, -0.2) is 25.6 Å². The lowest BCUT2D eigenvalue weighted by Gasteiger charge is -2.13. The van der Waals surface area contributed by atoms with E-state index in [4.69, 9.17) is 10.5 Å². The van der Waals surface area contributed by atoms with Gasteiger partial charge in [0.15, 0.2) is 11.6 Å². The van der Waals surface area contributed by atoms with E-state index in [2.05, 4.69) is 5.32 Å². The molecule has 0 bridgehead atoms. The molecule has 2 aromatic rings. The number of benzene rings is 2. The zero-order chi connectivity index (χ0) is 18.4. The predicted molar refractivity (Wildman–Crippen MR) is 87.9 cm³/mol. The van der Waals surface area contributed by atoms with E-state index in [1.807, 2.05) is 0 Å². The van der Waals surface area contributed by atoms with Gasteiger partial charge in [-0.15, -0.1) is 0 Å². The van der Waals surface area contributed by atoms with Crippen molar-refractivity contribution in [3.63, 3.8) is 0 Å². The molecule has 0 fully saturated rings. The summed E-state index contributed by atoms with van der Waals surface area (Å²) >= 11 is 0. The first-order valence-electron chi connectivity index (χ1n) is 7.72. The number of hydrogen-bond donors (Lipinski definition) is 2. The van der Waals surface area contributed by atoms with Crippen LogP contribution in [0.3, 0.4) is 0 Å². The van der Waals surface area contributed by atoms with E-state index >= 15 is 0 Å². The molecular weight excluding hydrogens is 333 g/mol. The Bertz CT molecular complexity index is 736. The fraction of sp³-hybridized carbons (Fsp3) is 0.278. The molecule has 0 aliphatic rings. The van der Waals surface area contributed by atoms with Crippen LogP contribution >= 0.6 is 0 Å². The lowest BCUT2D eigenvalue weighted by molar-refractivity contribution is 0.0952. The first kappa shape index (κ1) is 18.8. The Morgan fingerprint density at radius 1 is 1.12 bits per heavy atom. The van der Waals surface area contributed by atoms with Gasteiger partial charge in [-0.25, -0.2) is 13.2 Å². The van der Waals surface area contributed by atoms with Crippen molar-refractivity contribution in [2.75, 3.05) is 13.7 Å². The first-order valence-corrected chi connectivity index (χ1v) is 7.72. The van der Waals surface area contributed by atoms with Crippen molar-refractivity contribution < 1.29 is 22.7 Å². The van der Waals surface area contributed by atoms with Crippen LogP contribution in [0.25, 0.3) is 0 Å². The lowest BCUT2D eigenvalue weighted by Crippen LogP contribution is -2.31. The van der Waals surface area contributed by atoms with Crippen LogP contribution in [0, 0.1) is 17.5 Å². The molecule has 0 saturated carbocycles. The van der Waals surface area contributed by atoms with Crippen LogP contribution < -0.4 is 15.8 Å². The van der Waals surface area contributed by atoms with Crippen molar-refractivity contribution >= 4 is 5.91 Å². The second kappa shape index (κ2) is 8.53. The number of nitrogens with two attached hydrogens (primary N) is 1. The number of methoxy groups -OCH3 is 1. The summed E-state index contributed by atoms with van der Waals surface area (Å²) in [6, 6.07) is 7.41.